The zero-order valence-electron chi connectivity index (χ0n) is 8.45. The van der Waals surface area contributed by atoms with Crippen molar-refractivity contribution >= 4 is 23.2 Å². The number of rotatable bonds is 2. The van der Waals surface area contributed by atoms with Crippen LogP contribution < -0.4 is 4.74 Å². The van der Waals surface area contributed by atoms with Crippen LogP contribution in [-0.4, -0.2) is 17.1 Å². The molecule has 2 rings (SSSR count). The molecule has 0 aliphatic rings. The first-order valence-electron chi connectivity index (χ1n) is 4.52. The van der Waals surface area contributed by atoms with E-state index >= 15 is 0 Å². The molecule has 0 radical (unpaired) electrons. The summed E-state index contributed by atoms with van der Waals surface area (Å²) < 4.78 is 5.12. The first-order chi connectivity index (χ1) is 7.72. The number of methoxy groups -OCH3 is 1. The summed E-state index contributed by atoms with van der Waals surface area (Å²) in [5.74, 6) is 0.523. The summed E-state index contributed by atoms with van der Waals surface area (Å²) in [6.07, 6.45) is 4.81. The SMILES string of the molecule is COc1cc(Cl)cc(-c2cnccn2)c1Cl. The minimum Gasteiger partial charge on any atom is -0.495 e. The largest absolute Gasteiger partial charge is 0.495 e. The van der Waals surface area contributed by atoms with Crippen molar-refractivity contribution in [3.05, 3.63) is 40.8 Å². The number of ether oxygens (including phenoxy) is 1. The lowest BCUT2D eigenvalue weighted by Crippen LogP contribution is -1.90. The van der Waals surface area contributed by atoms with Crippen LogP contribution in [0.3, 0.4) is 0 Å². The van der Waals surface area contributed by atoms with Gasteiger partial charge in [-0.3, -0.25) is 9.97 Å². The summed E-state index contributed by atoms with van der Waals surface area (Å²) in [6.45, 7) is 0. The molecule has 0 amide bonds. The van der Waals surface area contributed by atoms with Gasteiger partial charge in [-0.2, -0.15) is 0 Å². The Morgan fingerprint density at radius 2 is 2.00 bits per heavy atom. The van der Waals surface area contributed by atoms with E-state index in [4.69, 9.17) is 27.9 Å². The van der Waals surface area contributed by atoms with Crippen LogP contribution in [0.15, 0.2) is 30.7 Å². The van der Waals surface area contributed by atoms with Crippen LogP contribution in [0, 0.1) is 0 Å². The zero-order valence-corrected chi connectivity index (χ0v) is 9.96. The molecule has 0 atom stereocenters. The minimum atomic E-state index is 0.479. The molecule has 0 saturated carbocycles. The van der Waals surface area contributed by atoms with Crippen molar-refractivity contribution in [2.75, 3.05) is 7.11 Å². The summed E-state index contributed by atoms with van der Waals surface area (Å²) in [6, 6.07) is 3.39. The molecule has 0 bridgehead atoms. The first kappa shape index (κ1) is 11.2. The van der Waals surface area contributed by atoms with Crippen molar-refractivity contribution in [2.45, 2.75) is 0 Å². The number of aromatic nitrogens is 2. The van der Waals surface area contributed by atoms with Crippen molar-refractivity contribution in [1.29, 1.82) is 0 Å². The molecule has 2 aromatic rings. The maximum atomic E-state index is 6.16. The van der Waals surface area contributed by atoms with E-state index in [2.05, 4.69) is 9.97 Å². The van der Waals surface area contributed by atoms with Crippen molar-refractivity contribution in [2.24, 2.45) is 0 Å². The molecule has 0 fully saturated rings. The molecule has 1 aromatic heterocycles. The maximum absolute atomic E-state index is 6.16. The van der Waals surface area contributed by atoms with Crippen molar-refractivity contribution < 1.29 is 4.74 Å². The van der Waals surface area contributed by atoms with Gasteiger partial charge in [-0.25, -0.2) is 0 Å². The highest BCUT2D eigenvalue weighted by Crippen LogP contribution is 2.36. The third-order valence-corrected chi connectivity index (χ3v) is 2.67. The summed E-state index contributed by atoms with van der Waals surface area (Å²) in [7, 11) is 1.54. The van der Waals surface area contributed by atoms with Crippen LogP contribution in [0.5, 0.6) is 5.75 Å². The fourth-order valence-corrected chi connectivity index (χ4v) is 1.83. The number of hydrogen-bond acceptors (Lipinski definition) is 3. The molecular weight excluding hydrogens is 247 g/mol. The predicted molar refractivity (Wildman–Crippen MR) is 64.0 cm³/mol. The Bertz CT molecular complexity index is 503. The van der Waals surface area contributed by atoms with Crippen molar-refractivity contribution in [3.63, 3.8) is 0 Å². The molecule has 3 nitrogen and oxygen atoms in total. The van der Waals surface area contributed by atoms with Gasteiger partial charge in [-0.05, 0) is 6.07 Å². The lowest BCUT2D eigenvalue weighted by atomic mass is 10.1. The van der Waals surface area contributed by atoms with Gasteiger partial charge < -0.3 is 4.74 Å². The Hall–Kier alpha value is -1.32. The third-order valence-electron chi connectivity index (χ3n) is 2.06. The smallest absolute Gasteiger partial charge is 0.139 e. The molecule has 5 heteroatoms. The number of halogens is 2. The van der Waals surface area contributed by atoms with E-state index in [9.17, 15) is 0 Å². The van der Waals surface area contributed by atoms with Gasteiger partial charge in [0.05, 0.1) is 24.0 Å². The Morgan fingerprint density at radius 1 is 1.19 bits per heavy atom. The molecule has 0 N–H and O–H groups in total. The van der Waals surface area contributed by atoms with E-state index in [0.29, 0.717) is 27.1 Å². The molecular formula is C11H8Cl2N2O. The van der Waals surface area contributed by atoms with Crippen LogP contribution in [-0.2, 0) is 0 Å². The predicted octanol–water partition coefficient (Wildman–Crippen LogP) is 3.46. The second-order valence-electron chi connectivity index (χ2n) is 3.06. The second kappa shape index (κ2) is 4.68. The molecule has 0 saturated heterocycles. The number of nitrogens with zero attached hydrogens (tertiary/aromatic N) is 2. The standard InChI is InChI=1S/C11H8Cl2N2O/c1-16-10-5-7(12)4-8(11(10)13)9-6-14-2-3-15-9/h2-6H,1H3. The third kappa shape index (κ3) is 2.10. The molecule has 0 aliphatic carbocycles. The van der Waals surface area contributed by atoms with E-state index in [1.165, 1.54) is 7.11 Å². The molecule has 16 heavy (non-hydrogen) atoms. The van der Waals surface area contributed by atoms with E-state index in [0.717, 1.165) is 0 Å². The van der Waals surface area contributed by atoms with Crippen LogP contribution in [0.2, 0.25) is 10.0 Å². The molecule has 82 valence electrons. The highest BCUT2D eigenvalue weighted by Gasteiger charge is 2.11. The lowest BCUT2D eigenvalue weighted by molar-refractivity contribution is 0.415. The molecule has 0 spiro atoms. The number of benzene rings is 1. The van der Waals surface area contributed by atoms with E-state index in [-0.39, 0.29) is 0 Å². The average molecular weight is 255 g/mol. The van der Waals surface area contributed by atoms with Crippen molar-refractivity contribution in [1.82, 2.24) is 9.97 Å². The molecule has 1 heterocycles. The van der Waals surface area contributed by atoms with Gasteiger partial charge >= 0.3 is 0 Å². The zero-order chi connectivity index (χ0) is 11.5. The highest BCUT2D eigenvalue weighted by molar-refractivity contribution is 6.36. The van der Waals surface area contributed by atoms with E-state index < -0.39 is 0 Å². The Labute approximate surface area is 103 Å². The monoisotopic (exact) mass is 254 g/mol. The Kier molecular flexibility index (Phi) is 3.27. The quantitative estimate of drug-likeness (QED) is 0.824. The normalized spacial score (nSPS) is 10.2. The van der Waals surface area contributed by atoms with Gasteiger partial charge in [0, 0.05) is 29.0 Å². The molecule has 1 aromatic carbocycles. The van der Waals surface area contributed by atoms with Crippen LogP contribution in [0.25, 0.3) is 11.3 Å². The minimum absolute atomic E-state index is 0.479. The summed E-state index contributed by atoms with van der Waals surface area (Å²) >= 11 is 12.1. The maximum Gasteiger partial charge on any atom is 0.139 e. The van der Waals surface area contributed by atoms with Crippen LogP contribution in [0.1, 0.15) is 0 Å². The van der Waals surface area contributed by atoms with Crippen LogP contribution >= 0.6 is 23.2 Å². The van der Waals surface area contributed by atoms with E-state index in [1.807, 2.05) is 0 Å². The second-order valence-corrected chi connectivity index (χ2v) is 3.87. The van der Waals surface area contributed by atoms with Crippen molar-refractivity contribution in [3.8, 4) is 17.0 Å². The lowest BCUT2D eigenvalue weighted by Gasteiger charge is -2.08. The van der Waals surface area contributed by atoms with Gasteiger partial charge in [0.15, 0.2) is 0 Å². The van der Waals surface area contributed by atoms with Gasteiger partial charge in [-0.15, -0.1) is 0 Å². The van der Waals surface area contributed by atoms with Gasteiger partial charge in [-0.1, -0.05) is 23.2 Å². The van der Waals surface area contributed by atoms with E-state index in [1.54, 1.807) is 30.7 Å². The fourth-order valence-electron chi connectivity index (χ4n) is 1.34. The molecule has 0 unspecified atom stereocenters. The summed E-state index contributed by atoms with van der Waals surface area (Å²) in [5.41, 5.74) is 1.37. The van der Waals surface area contributed by atoms with Gasteiger partial charge in [0.1, 0.15) is 5.75 Å². The number of hydrogen-bond donors (Lipinski definition) is 0. The van der Waals surface area contributed by atoms with Gasteiger partial charge in [0.25, 0.3) is 0 Å². The average Bonchev–Trinajstić information content (AvgIpc) is 2.33. The fraction of sp³-hybridized carbons (Fsp3) is 0.0909. The topological polar surface area (TPSA) is 35.0 Å². The first-order valence-corrected chi connectivity index (χ1v) is 5.27. The summed E-state index contributed by atoms with van der Waals surface area (Å²) in [4.78, 5) is 8.15. The molecule has 0 aliphatic heterocycles. The Balaban J connectivity index is 2.61. The van der Waals surface area contributed by atoms with Crippen LogP contribution in [0.4, 0.5) is 0 Å². The Morgan fingerprint density at radius 3 is 2.62 bits per heavy atom. The summed E-state index contributed by atoms with van der Waals surface area (Å²) in [5, 5.41) is 1.02. The van der Waals surface area contributed by atoms with Gasteiger partial charge in [0.2, 0.25) is 0 Å². The highest BCUT2D eigenvalue weighted by atomic mass is 35.5.